The van der Waals surface area contributed by atoms with E-state index in [0.29, 0.717) is 18.3 Å². The van der Waals surface area contributed by atoms with Crippen molar-refractivity contribution in [2.75, 3.05) is 6.61 Å². The first-order chi connectivity index (χ1) is 9.15. The van der Waals surface area contributed by atoms with Crippen LogP contribution >= 0.6 is 0 Å². The van der Waals surface area contributed by atoms with Crippen molar-refractivity contribution in [3.05, 3.63) is 11.7 Å². The van der Waals surface area contributed by atoms with Crippen molar-refractivity contribution >= 4 is 0 Å². The van der Waals surface area contributed by atoms with Gasteiger partial charge < -0.3 is 15.0 Å². The molecule has 1 heterocycles. The minimum atomic E-state index is -0.300. The van der Waals surface area contributed by atoms with Crippen molar-refractivity contribution in [2.24, 2.45) is 11.7 Å². The average molecular weight is 267 g/mol. The van der Waals surface area contributed by atoms with E-state index in [1.807, 2.05) is 13.8 Å². The van der Waals surface area contributed by atoms with Gasteiger partial charge in [0.15, 0.2) is 5.82 Å². The molecule has 0 aliphatic heterocycles. The fourth-order valence-corrected chi connectivity index (χ4v) is 2.51. The van der Waals surface area contributed by atoms with Crippen LogP contribution in [0.4, 0.5) is 0 Å². The van der Waals surface area contributed by atoms with E-state index in [1.54, 1.807) is 0 Å². The normalized spacial score (nSPS) is 18.9. The fourth-order valence-electron chi connectivity index (χ4n) is 2.51. The summed E-state index contributed by atoms with van der Waals surface area (Å²) in [5.41, 5.74) is 5.98. The van der Waals surface area contributed by atoms with Gasteiger partial charge in [0.2, 0.25) is 5.89 Å². The van der Waals surface area contributed by atoms with Gasteiger partial charge in [-0.25, -0.2) is 0 Å². The lowest BCUT2D eigenvalue weighted by molar-refractivity contribution is 0.0665. The zero-order chi connectivity index (χ0) is 13.7. The Kier molecular flexibility index (Phi) is 5.34. The molecule has 108 valence electrons. The molecule has 1 aliphatic rings. The van der Waals surface area contributed by atoms with Crippen molar-refractivity contribution in [3.63, 3.8) is 0 Å². The third-order valence-electron chi connectivity index (χ3n) is 3.61. The Morgan fingerprint density at radius 2 is 2.05 bits per heavy atom. The molecule has 1 saturated carbocycles. The molecule has 5 heteroatoms. The van der Waals surface area contributed by atoms with Gasteiger partial charge in [-0.3, -0.25) is 0 Å². The number of nitrogens with two attached hydrogens (primary N) is 1. The molecule has 0 saturated heterocycles. The lowest BCUT2D eigenvalue weighted by Crippen LogP contribution is -2.21. The predicted octanol–water partition coefficient (Wildman–Crippen LogP) is 2.62. The van der Waals surface area contributed by atoms with Gasteiger partial charge in [-0.15, -0.1) is 0 Å². The number of hydrogen-bond acceptors (Lipinski definition) is 5. The first-order valence-electron chi connectivity index (χ1n) is 7.35. The van der Waals surface area contributed by atoms with Gasteiger partial charge in [0.25, 0.3) is 0 Å². The van der Waals surface area contributed by atoms with E-state index in [9.17, 15) is 0 Å². The quantitative estimate of drug-likeness (QED) is 0.857. The highest BCUT2D eigenvalue weighted by atomic mass is 16.5. The van der Waals surface area contributed by atoms with E-state index < -0.39 is 0 Å². The maximum Gasteiger partial charge on any atom is 0.226 e. The van der Waals surface area contributed by atoms with Crippen LogP contribution in [0.1, 0.15) is 63.7 Å². The minimum absolute atomic E-state index is 0.166. The van der Waals surface area contributed by atoms with E-state index in [2.05, 4.69) is 10.1 Å². The molecule has 1 fully saturated rings. The zero-order valence-corrected chi connectivity index (χ0v) is 12.0. The van der Waals surface area contributed by atoms with Gasteiger partial charge in [0.05, 0.1) is 18.8 Å². The molecule has 1 atom stereocenters. The Labute approximate surface area is 114 Å². The first-order valence-corrected chi connectivity index (χ1v) is 7.35. The second-order valence-electron chi connectivity index (χ2n) is 5.74. The van der Waals surface area contributed by atoms with Crippen molar-refractivity contribution in [2.45, 2.75) is 64.5 Å². The third kappa shape index (κ3) is 4.58. The van der Waals surface area contributed by atoms with Crippen LogP contribution in [0.3, 0.4) is 0 Å². The standard InChI is InChI=1S/C14H25N3O2/c1-10(2)18-9-12(15)14-16-13(19-17-14)8-11-6-4-3-5-7-11/h10-12H,3-9,15H2,1-2H3. The van der Waals surface area contributed by atoms with Gasteiger partial charge in [0, 0.05) is 6.42 Å². The molecule has 1 aromatic rings. The molecule has 0 aromatic carbocycles. The summed E-state index contributed by atoms with van der Waals surface area (Å²) in [6, 6.07) is -0.300. The van der Waals surface area contributed by atoms with Crippen LogP contribution in [0, 0.1) is 5.92 Å². The van der Waals surface area contributed by atoms with E-state index in [4.69, 9.17) is 15.0 Å². The summed E-state index contributed by atoms with van der Waals surface area (Å²) < 4.78 is 10.8. The van der Waals surface area contributed by atoms with Crippen molar-refractivity contribution in [1.82, 2.24) is 10.1 Å². The van der Waals surface area contributed by atoms with Gasteiger partial charge >= 0.3 is 0 Å². The highest BCUT2D eigenvalue weighted by Gasteiger charge is 2.19. The van der Waals surface area contributed by atoms with Crippen LogP contribution in [0.15, 0.2) is 4.52 Å². The van der Waals surface area contributed by atoms with Crippen molar-refractivity contribution in [3.8, 4) is 0 Å². The largest absolute Gasteiger partial charge is 0.377 e. The van der Waals surface area contributed by atoms with E-state index >= 15 is 0 Å². The molecule has 19 heavy (non-hydrogen) atoms. The predicted molar refractivity (Wildman–Crippen MR) is 72.6 cm³/mol. The molecule has 1 aromatic heterocycles. The number of aromatic nitrogens is 2. The van der Waals surface area contributed by atoms with Crippen LogP contribution < -0.4 is 5.73 Å². The third-order valence-corrected chi connectivity index (χ3v) is 3.61. The Bertz CT molecular complexity index is 373. The van der Waals surface area contributed by atoms with Gasteiger partial charge in [-0.2, -0.15) is 4.98 Å². The van der Waals surface area contributed by atoms with Gasteiger partial charge in [0.1, 0.15) is 0 Å². The molecule has 5 nitrogen and oxygen atoms in total. The molecule has 1 aliphatic carbocycles. The summed E-state index contributed by atoms with van der Waals surface area (Å²) in [4.78, 5) is 4.40. The van der Waals surface area contributed by atoms with Crippen molar-refractivity contribution < 1.29 is 9.26 Å². The maximum atomic E-state index is 5.98. The lowest BCUT2D eigenvalue weighted by Gasteiger charge is -2.19. The number of rotatable bonds is 6. The minimum Gasteiger partial charge on any atom is -0.377 e. The summed E-state index contributed by atoms with van der Waals surface area (Å²) in [6.07, 6.45) is 7.63. The molecule has 0 radical (unpaired) electrons. The molecule has 0 amide bonds. The van der Waals surface area contributed by atoms with Crippen LogP contribution in [0.5, 0.6) is 0 Å². The summed E-state index contributed by atoms with van der Waals surface area (Å²) in [6.45, 7) is 4.40. The smallest absolute Gasteiger partial charge is 0.226 e. The Morgan fingerprint density at radius 1 is 1.32 bits per heavy atom. The fraction of sp³-hybridized carbons (Fsp3) is 0.857. The summed E-state index contributed by atoms with van der Waals surface area (Å²) >= 11 is 0. The first kappa shape index (κ1) is 14.5. The number of ether oxygens (including phenoxy) is 1. The molecule has 0 spiro atoms. The molecular formula is C14H25N3O2. The molecule has 2 rings (SSSR count). The highest BCUT2D eigenvalue weighted by Crippen LogP contribution is 2.26. The Morgan fingerprint density at radius 3 is 2.74 bits per heavy atom. The monoisotopic (exact) mass is 267 g/mol. The maximum absolute atomic E-state index is 5.98. The average Bonchev–Trinajstić information content (AvgIpc) is 2.85. The lowest BCUT2D eigenvalue weighted by atomic mass is 9.87. The zero-order valence-electron chi connectivity index (χ0n) is 12.0. The topological polar surface area (TPSA) is 74.2 Å². The number of nitrogens with zero attached hydrogens (tertiary/aromatic N) is 2. The Balaban J connectivity index is 1.83. The molecule has 2 N–H and O–H groups in total. The molecular weight excluding hydrogens is 242 g/mol. The SMILES string of the molecule is CC(C)OCC(N)c1noc(CC2CCCCC2)n1. The molecule has 0 bridgehead atoms. The van der Waals surface area contributed by atoms with Gasteiger partial charge in [-0.05, 0) is 32.6 Å². The van der Waals surface area contributed by atoms with E-state index in [-0.39, 0.29) is 12.1 Å². The van der Waals surface area contributed by atoms with Crippen molar-refractivity contribution in [1.29, 1.82) is 0 Å². The van der Waals surface area contributed by atoms with Crippen LogP contribution in [0.25, 0.3) is 0 Å². The second-order valence-corrected chi connectivity index (χ2v) is 5.74. The summed E-state index contributed by atoms with van der Waals surface area (Å²) in [5.74, 6) is 1.98. The Hall–Kier alpha value is -0.940. The number of hydrogen-bond donors (Lipinski definition) is 1. The van der Waals surface area contributed by atoms with E-state index in [1.165, 1.54) is 32.1 Å². The van der Waals surface area contributed by atoms with Gasteiger partial charge in [-0.1, -0.05) is 24.4 Å². The van der Waals surface area contributed by atoms with Crippen LogP contribution in [-0.4, -0.2) is 22.9 Å². The van der Waals surface area contributed by atoms with Crippen LogP contribution in [0.2, 0.25) is 0 Å². The highest BCUT2D eigenvalue weighted by molar-refractivity contribution is 4.94. The van der Waals surface area contributed by atoms with Crippen LogP contribution in [-0.2, 0) is 11.2 Å². The van der Waals surface area contributed by atoms with E-state index in [0.717, 1.165) is 12.3 Å². The summed E-state index contributed by atoms with van der Waals surface area (Å²) in [7, 11) is 0. The second kappa shape index (κ2) is 7.01. The summed E-state index contributed by atoms with van der Waals surface area (Å²) in [5, 5.41) is 3.97. The molecule has 1 unspecified atom stereocenters.